The highest BCUT2D eigenvalue weighted by Gasteiger charge is 2.31. The van der Waals surface area contributed by atoms with Crippen LogP contribution in [-0.2, 0) is 0 Å². The number of nitrogens with zero attached hydrogens (tertiary/aromatic N) is 3. The van der Waals surface area contributed by atoms with Gasteiger partial charge in [0.05, 0.1) is 24.4 Å². The minimum Gasteiger partial charge on any atom is -0.497 e. The topological polar surface area (TPSA) is 84.4 Å². The van der Waals surface area contributed by atoms with Crippen molar-refractivity contribution in [3.8, 4) is 5.75 Å². The fourth-order valence-electron chi connectivity index (χ4n) is 3.97. The van der Waals surface area contributed by atoms with Gasteiger partial charge in [-0.1, -0.05) is 6.07 Å². The lowest BCUT2D eigenvalue weighted by atomic mass is 9.99. The Morgan fingerprint density at radius 1 is 1.15 bits per heavy atom. The summed E-state index contributed by atoms with van der Waals surface area (Å²) in [4.78, 5) is 36.8. The normalized spacial score (nSPS) is 15.7. The molecule has 1 saturated heterocycles. The Balaban J connectivity index is 1.55. The van der Waals surface area contributed by atoms with Gasteiger partial charge in [-0.25, -0.2) is 14.4 Å². The number of carbonyl (C=O) groups excluding carboxylic acids is 2. The maximum Gasteiger partial charge on any atom is 0.259 e. The molecule has 1 aliphatic heterocycles. The van der Waals surface area contributed by atoms with Gasteiger partial charge in [0, 0.05) is 24.0 Å². The maximum atomic E-state index is 13.3. The monoisotopic (exact) mass is 448 g/mol. The molecule has 0 bridgehead atoms. The number of halogens is 1. The molecule has 0 spiro atoms. The molecule has 1 unspecified atom stereocenters. The highest BCUT2D eigenvalue weighted by atomic mass is 19.1. The second-order valence-electron chi connectivity index (χ2n) is 7.93. The van der Waals surface area contributed by atoms with E-state index < -0.39 is 0 Å². The van der Waals surface area contributed by atoms with E-state index in [4.69, 9.17) is 4.74 Å². The van der Waals surface area contributed by atoms with Crippen molar-refractivity contribution in [1.29, 1.82) is 0 Å². The van der Waals surface area contributed by atoms with Crippen LogP contribution in [0.15, 0.2) is 54.7 Å². The van der Waals surface area contributed by atoms with Gasteiger partial charge in [0.2, 0.25) is 0 Å². The molecule has 1 fully saturated rings. The van der Waals surface area contributed by atoms with Crippen molar-refractivity contribution in [2.75, 3.05) is 19.0 Å². The molecule has 4 rings (SSSR count). The number of aryl methyl sites for hydroxylation is 1. The van der Waals surface area contributed by atoms with Crippen LogP contribution in [0.25, 0.3) is 0 Å². The molecule has 1 atom stereocenters. The van der Waals surface area contributed by atoms with Crippen LogP contribution in [0, 0.1) is 12.7 Å². The molecule has 2 heterocycles. The fraction of sp³-hybridized carbons (Fsp3) is 0.280. The summed E-state index contributed by atoms with van der Waals surface area (Å²) in [5, 5.41) is 2.72. The Morgan fingerprint density at radius 3 is 2.67 bits per heavy atom. The standard InChI is InChI=1S/C25H25FN4O3/c1-16-21(24(31)29-19-11-9-18(26)10-12-19)15-27-23(28-16)22-8-3-4-13-30(22)25(32)17-6-5-7-20(14-17)33-2/h5-7,9-12,14-15,22H,3-4,8,13H2,1-2H3,(H,29,31). The summed E-state index contributed by atoms with van der Waals surface area (Å²) in [7, 11) is 1.57. The van der Waals surface area contributed by atoms with E-state index in [1.54, 1.807) is 43.2 Å². The third kappa shape index (κ3) is 5.00. The lowest BCUT2D eigenvalue weighted by Crippen LogP contribution is -2.39. The number of hydrogen-bond donors (Lipinski definition) is 1. The summed E-state index contributed by atoms with van der Waals surface area (Å²) in [6.07, 6.45) is 4.10. The number of anilines is 1. The Kier molecular flexibility index (Phi) is 6.63. The number of carbonyl (C=O) groups is 2. The minimum absolute atomic E-state index is 0.0991. The first-order valence-corrected chi connectivity index (χ1v) is 10.8. The van der Waals surface area contributed by atoms with Crippen molar-refractivity contribution in [3.05, 3.63) is 83.2 Å². The van der Waals surface area contributed by atoms with Gasteiger partial charge in [-0.05, 0) is 68.7 Å². The van der Waals surface area contributed by atoms with E-state index in [0.29, 0.717) is 40.6 Å². The van der Waals surface area contributed by atoms with Crippen LogP contribution < -0.4 is 10.1 Å². The number of methoxy groups -OCH3 is 1. The average molecular weight is 448 g/mol. The molecule has 1 N–H and O–H groups in total. The molecule has 0 saturated carbocycles. The average Bonchev–Trinajstić information content (AvgIpc) is 2.85. The summed E-state index contributed by atoms with van der Waals surface area (Å²) >= 11 is 0. The first kappa shape index (κ1) is 22.4. The van der Waals surface area contributed by atoms with Gasteiger partial charge in [-0.2, -0.15) is 0 Å². The van der Waals surface area contributed by atoms with Gasteiger partial charge < -0.3 is 15.0 Å². The number of hydrogen-bond acceptors (Lipinski definition) is 5. The summed E-state index contributed by atoms with van der Waals surface area (Å²) < 4.78 is 18.4. The van der Waals surface area contributed by atoms with Crippen LogP contribution in [-0.4, -0.2) is 40.3 Å². The molecule has 170 valence electrons. The SMILES string of the molecule is COc1cccc(C(=O)N2CCCCC2c2ncc(C(=O)Nc3ccc(F)cc3)c(C)n2)c1. The first-order valence-electron chi connectivity index (χ1n) is 10.8. The van der Waals surface area contributed by atoms with E-state index in [0.717, 1.165) is 19.3 Å². The molecule has 3 aromatic rings. The number of ether oxygens (including phenoxy) is 1. The van der Waals surface area contributed by atoms with Gasteiger partial charge in [0.1, 0.15) is 11.6 Å². The predicted molar refractivity (Wildman–Crippen MR) is 122 cm³/mol. The number of benzene rings is 2. The zero-order valence-electron chi connectivity index (χ0n) is 18.5. The van der Waals surface area contributed by atoms with Crippen molar-refractivity contribution in [2.45, 2.75) is 32.2 Å². The van der Waals surface area contributed by atoms with Gasteiger partial charge in [0.25, 0.3) is 11.8 Å². The van der Waals surface area contributed by atoms with Crippen molar-refractivity contribution >= 4 is 17.5 Å². The van der Waals surface area contributed by atoms with Crippen LogP contribution in [0.1, 0.15) is 57.5 Å². The van der Waals surface area contributed by atoms with E-state index in [1.165, 1.54) is 30.5 Å². The Hall–Kier alpha value is -3.81. The molecule has 8 heteroatoms. The van der Waals surface area contributed by atoms with Crippen molar-refractivity contribution < 1.29 is 18.7 Å². The lowest BCUT2D eigenvalue weighted by molar-refractivity contribution is 0.0598. The molecule has 0 radical (unpaired) electrons. The minimum atomic E-state index is -0.377. The zero-order valence-corrected chi connectivity index (χ0v) is 18.5. The van der Waals surface area contributed by atoms with Crippen LogP contribution in [0.5, 0.6) is 5.75 Å². The Morgan fingerprint density at radius 2 is 1.94 bits per heavy atom. The number of aromatic nitrogens is 2. The van der Waals surface area contributed by atoms with Crippen LogP contribution in [0.2, 0.25) is 0 Å². The van der Waals surface area contributed by atoms with E-state index in [9.17, 15) is 14.0 Å². The quantitative estimate of drug-likeness (QED) is 0.619. The summed E-state index contributed by atoms with van der Waals surface area (Å²) in [5.41, 5.74) is 1.86. The smallest absolute Gasteiger partial charge is 0.259 e. The van der Waals surface area contributed by atoms with Gasteiger partial charge in [0.15, 0.2) is 5.82 Å². The van der Waals surface area contributed by atoms with Crippen LogP contribution >= 0.6 is 0 Å². The second-order valence-corrected chi connectivity index (χ2v) is 7.93. The molecular weight excluding hydrogens is 423 g/mol. The lowest BCUT2D eigenvalue weighted by Gasteiger charge is -2.35. The van der Waals surface area contributed by atoms with Gasteiger partial charge in [-0.3, -0.25) is 9.59 Å². The van der Waals surface area contributed by atoms with Gasteiger partial charge >= 0.3 is 0 Å². The molecule has 7 nitrogen and oxygen atoms in total. The number of rotatable bonds is 5. The molecule has 33 heavy (non-hydrogen) atoms. The molecule has 1 aromatic heterocycles. The van der Waals surface area contributed by atoms with Crippen molar-refractivity contribution in [3.63, 3.8) is 0 Å². The maximum absolute atomic E-state index is 13.3. The van der Waals surface area contributed by atoms with E-state index in [2.05, 4.69) is 15.3 Å². The van der Waals surface area contributed by atoms with Crippen LogP contribution in [0.4, 0.5) is 10.1 Å². The van der Waals surface area contributed by atoms with Crippen molar-refractivity contribution in [2.24, 2.45) is 0 Å². The van der Waals surface area contributed by atoms with Gasteiger partial charge in [-0.15, -0.1) is 0 Å². The zero-order chi connectivity index (χ0) is 23.4. The number of nitrogens with one attached hydrogen (secondary N) is 1. The second kappa shape index (κ2) is 9.77. The predicted octanol–water partition coefficient (Wildman–Crippen LogP) is 4.55. The molecule has 2 amide bonds. The number of likely N-dealkylation sites (tertiary alicyclic amines) is 1. The molecule has 2 aromatic carbocycles. The fourth-order valence-corrected chi connectivity index (χ4v) is 3.97. The van der Waals surface area contributed by atoms with Crippen LogP contribution in [0.3, 0.4) is 0 Å². The summed E-state index contributed by atoms with van der Waals surface area (Å²) in [6.45, 7) is 2.34. The van der Waals surface area contributed by atoms with E-state index in [1.807, 2.05) is 0 Å². The third-order valence-electron chi connectivity index (χ3n) is 5.72. The molecular formula is C25H25FN4O3. The number of amides is 2. The molecule has 0 aliphatic carbocycles. The molecule has 1 aliphatic rings. The largest absolute Gasteiger partial charge is 0.497 e. The third-order valence-corrected chi connectivity index (χ3v) is 5.72. The van der Waals surface area contributed by atoms with Crippen molar-refractivity contribution in [1.82, 2.24) is 14.9 Å². The van der Waals surface area contributed by atoms with E-state index in [-0.39, 0.29) is 23.7 Å². The number of piperidine rings is 1. The highest BCUT2D eigenvalue weighted by molar-refractivity contribution is 6.04. The Labute approximate surface area is 191 Å². The first-order chi connectivity index (χ1) is 16.0. The summed E-state index contributed by atoms with van der Waals surface area (Å²) in [5.74, 6) is 0.286. The highest BCUT2D eigenvalue weighted by Crippen LogP contribution is 2.31. The van der Waals surface area contributed by atoms with E-state index >= 15 is 0 Å². The Bertz CT molecular complexity index is 1170. The summed E-state index contributed by atoms with van der Waals surface area (Å²) in [6, 6.07) is 12.3.